The third-order valence-corrected chi connectivity index (χ3v) is 0.799. The van der Waals surface area contributed by atoms with Crippen LogP contribution in [0.2, 0.25) is 0 Å². The summed E-state index contributed by atoms with van der Waals surface area (Å²) in [4.78, 5) is 0. The van der Waals surface area contributed by atoms with Crippen molar-refractivity contribution in [1.29, 1.82) is 10.5 Å². The van der Waals surface area contributed by atoms with Crippen LogP contribution in [0.1, 0.15) is 19.3 Å². The van der Waals surface area contributed by atoms with Crippen molar-refractivity contribution in [2.45, 2.75) is 19.3 Å². The molecule has 0 heterocycles. The second kappa shape index (κ2) is 6.72. The van der Waals surface area contributed by atoms with E-state index in [-0.39, 0.29) is 0 Å². The number of hydrogen-bond acceptors (Lipinski definition) is 2. The molecule has 0 N–H and O–H groups in total. The highest BCUT2D eigenvalue weighted by molar-refractivity contribution is 4.91. The van der Waals surface area contributed by atoms with Gasteiger partial charge in [-0.25, -0.2) is 0 Å². The fourth-order valence-corrected chi connectivity index (χ4v) is 0.402. The van der Waals surface area contributed by atoms with Crippen LogP contribution in [0.3, 0.4) is 0 Å². The number of rotatable bonds is 3. The van der Waals surface area contributed by atoms with Crippen LogP contribution in [0.25, 0.3) is 0 Å². The van der Waals surface area contributed by atoms with Crippen LogP contribution in [0.5, 0.6) is 0 Å². The van der Waals surface area contributed by atoms with Gasteiger partial charge in [0, 0.05) is 6.42 Å². The molecule has 0 rings (SSSR count). The molecule has 0 amide bonds. The Morgan fingerprint density at radius 2 is 1.89 bits per heavy atom. The van der Waals surface area contributed by atoms with E-state index >= 15 is 0 Å². The molecule has 0 spiro atoms. The van der Waals surface area contributed by atoms with Crippen molar-refractivity contribution in [3.05, 3.63) is 12.2 Å². The molecule has 0 atom stereocenters. The van der Waals surface area contributed by atoms with Crippen molar-refractivity contribution < 1.29 is 0 Å². The van der Waals surface area contributed by atoms with Crippen molar-refractivity contribution in [2.75, 3.05) is 0 Å². The van der Waals surface area contributed by atoms with Gasteiger partial charge in [-0.15, -0.1) is 0 Å². The minimum Gasteiger partial charge on any atom is -0.198 e. The smallest absolute Gasteiger partial charge is 0.0663 e. The van der Waals surface area contributed by atoms with Gasteiger partial charge in [-0.1, -0.05) is 12.2 Å². The van der Waals surface area contributed by atoms with E-state index in [0.29, 0.717) is 12.8 Å². The maximum Gasteiger partial charge on any atom is 0.0663 e. The maximum atomic E-state index is 8.07. The fourth-order valence-electron chi connectivity index (χ4n) is 0.402. The van der Waals surface area contributed by atoms with Crippen LogP contribution in [-0.4, -0.2) is 0 Å². The summed E-state index contributed by atoms with van der Waals surface area (Å²) in [5.41, 5.74) is 0. The Balaban J connectivity index is 3.09. The molecule has 0 fully saturated rings. The molecule has 9 heavy (non-hydrogen) atoms. The van der Waals surface area contributed by atoms with Gasteiger partial charge in [-0.2, -0.15) is 10.5 Å². The van der Waals surface area contributed by atoms with Crippen molar-refractivity contribution in [1.82, 2.24) is 0 Å². The average Bonchev–Trinajstić information content (AvgIpc) is 1.89. The molecule has 0 saturated heterocycles. The third kappa shape index (κ3) is 6.72. The zero-order valence-corrected chi connectivity index (χ0v) is 5.17. The van der Waals surface area contributed by atoms with Gasteiger partial charge < -0.3 is 0 Å². The normalized spacial score (nSPS) is 8.67. The summed E-state index contributed by atoms with van der Waals surface area (Å²) in [6.07, 6.45) is 5.38. The molecule has 0 saturated carbocycles. The van der Waals surface area contributed by atoms with E-state index in [1.165, 1.54) is 0 Å². The minimum absolute atomic E-state index is 0.450. The quantitative estimate of drug-likeness (QED) is 0.421. The molecule has 0 bridgehead atoms. The molecule has 0 aromatic rings. The van der Waals surface area contributed by atoms with Crippen LogP contribution in [0.4, 0.5) is 0 Å². The summed E-state index contributed by atoms with van der Waals surface area (Å²) in [7, 11) is 0. The predicted octanol–water partition coefficient (Wildman–Crippen LogP) is 1.76. The summed E-state index contributed by atoms with van der Waals surface area (Å²) in [5.74, 6) is 0. The average molecular weight is 120 g/mol. The molecule has 0 aromatic heterocycles. The van der Waals surface area contributed by atoms with Crippen LogP contribution >= 0.6 is 0 Å². The Labute approximate surface area is 55.0 Å². The highest BCUT2D eigenvalue weighted by Gasteiger charge is 1.75. The van der Waals surface area contributed by atoms with Gasteiger partial charge in [0.15, 0.2) is 0 Å². The Bertz CT molecular complexity index is 157. The molecule has 2 heteroatoms. The Hall–Kier alpha value is -1.28. The number of allylic oxidation sites excluding steroid dienone is 2. The largest absolute Gasteiger partial charge is 0.198 e. The SMILES string of the molecule is N#CC/C=C/CCC#N. The predicted molar refractivity (Wildman–Crippen MR) is 34.2 cm³/mol. The maximum absolute atomic E-state index is 8.07. The van der Waals surface area contributed by atoms with E-state index in [9.17, 15) is 0 Å². The summed E-state index contributed by atoms with van der Waals surface area (Å²) < 4.78 is 0. The highest BCUT2D eigenvalue weighted by atomic mass is 14.2. The van der Waals surface area contributed by atoms with Gasteiger partial charge in [0.05, 0.1) is 18.6 Å². The molecule has 0 radical (unpaired) electrons. The Morgan fingerprint density at radius 1 is 1.11 bits per heavy atom. The summed E-state index contributed by atoms with van der Waals surface area (Å²) in [6, 6.07) is 3.99. The van der Waals surface area contributed by atoms with E-state index in [0.717, 1.165) is 6.42 Å². The molecule has 0 unspecified atom stereocenters. The number of nitrogens with zero attached hydrogens (tertiary/aromatic N) is 2. The molecule has 46 valence electrons. The van der Waals surface area contributed by atoms with Crippen LogP contribution in [0, 0.1) is 22.7 Å². The van der Waals surface area contributed by atoms with E-state index in [2.05, 4.69) is 0 Å². The zero-order chi connectivity index (χ0) is 6.95. The fraction of sp³-hybridized carbons (Fsp3) is 0.429. The van der Waals surface area contributed by atoms with Gasteiger partial charge in [0.25, 0.3) is 0 Å². The summed E-state index contributed by atoms with van der Waals surface area (Å²) >= 11 is 0. The Kier molecular flexibility index (Phi) is 5.76. The lowest BCUT2D eigenvalue weighted by atomic mass is 10.3. The molecular formula is C7H8N2. The van der Waals surface area contributed by atoms with E-state index in [1.54, 1.807) is 6.08 Å². The van der Waals surface area contributed by atoms with Gasteiger partial charge in [-0.3, -0.25) is 0 Å². The van der Waals surface area contributed by atoms with Crippen molar-refractivity contribution in [3.63, 3.8) is 0 Å². The van der Waals surface area contributed by atoms with Crippen molar-refractivity contribution >= 4 is 0 Å². The van der Waals surface area contributed by atoms with Crippen LogP contribution in [0.15, 0.2) is 12.2 Å². The van der Waals surface area contributed by atoms with Gasteiger partial charge in [-0.05, 0) is 6.42 Å². The standard InChI is InChI=1S/C7H8N2/c8-6-4-2-1-3-5-7-9/h1-2H,3-5H2/b2-1+. The number of hydrogen-bond donors (Lipinski definition) is 0. The lowest BCUT2D eigenvalue weighted by molar-refractivity contribution is 1.05. The molecule has 0 aliphatic carbocycles. The molecule has 2 nitrogen and oxygen atoms in total. The van der Waals surface area contributed by atoms with E-state index in [4.69, 9.17) is 10.5 Å². The number of unbranched alkanes of at least 4 members (excludes halogenated alkanes) is 1. The summed E-state index contributed by atoms with van der Waals surface area (Å²) in [5, 5.41) is 16.1. The molecular weight excluding hydrogens is 112 g/mol. The third-order valence-electron chi connectivity index (χ3n) is 0.799. The highest BCUT2D eigenvalue weighted by Crippen LogP contribution is 1.89. The minimum atomic E-state index is 0.450. The Morgan fingerprint density at radius 3 is 2.44 bits per heavy atom. The van der Waals surface area contributed by atoms with E-state index < -0.39 is 0 Å². The van der Waals surface area contributed by atoms with Crippen molar-refractivity contribution in [3.8, 4) is 12.1 Å². The number of nitriles is 2. The summed E-state index contributed by atoms with van der Waals surface area (Å²) in [6.45, 7) is 0. The van der Waals surface area contributed by atoms with Gasteiger partial charge in [0.1, 0.15) is 0 Å². The topological polar surface area (TPSA) is 47.6 Å². The second-order valence-electron chi connectivity index (χ2n) is 1.53. The van der Waals surface area contributed by atoms with Crippen molar-refractivity contribution in [2.24, 2.45) is 0 Å². The second-order valence-corrected chi connectivity index (χ2v) is 1.53. The van der Waals surface area contributed by atoms with Gasteiger partial charge >= 0.3 is 0 Å². The molecule has 0 aliphatic rings. The first kappa shape index (κ1) is 7.72. The molecule has 0 aromatic carbocycles. The first-order valence-electron chi connectivity index (χ1n) is 2.80. The molecule has 0 aliphatic heterocycles. The van der Waals surface area contributed by atoms with Crippen LogP contribution < -0.4 is 0 Å². The lowest BCUT2D eigenvalue weighted by Crippen LogP contribution is -1.63. The first-order chi connectivity index (χ1) is 4.41. The first-order valence-corrected chi connectivity index (χ1v) is 2.80. The van der Waals surface area contributed by atoms with Crippen LogP contribution in [-0.2, 0) is 0 Å². The van der Waals surface area contributed by atoms with Gasteiger partial charge in [0.2, 0.25) is 0 Å². The monoisotopic (exact) mass is 120 g/mol. The van der Waals surface area contributed by atoms with E-state index in [1.807, 2.05) is 18.2 Å². The lowest BCUT2D eigenvalue weighted by Gasteiger charge is -1.77. The zero-order valence-electron chi connectivity index (χ0n) is 5.17.